The number of nitrogens with zero attached hydrogens (tertiary/aromatic N) is 1. The lowest BCUT2D eigenvalue weighted by atomic mass is 10.2. The van der Waals surface area contributed by atoms with Crippen LogP contribution in [-0.4, -0.2) is 18.1 Å². The minimum absolute atomic E-state index is 0.642. The van der Waals surface area contributed by atoms with Gasteiger partial charge in [-0.05, 0) is 49.9 Å². The Hall–Kier alpha value is -2.07. The number of nitrogens with one attached hydrogen (secondary N) is 1. The normalized spacial score (nSPS) is 13.8. The zero-order valence-electron chi connectivity index (χ0n) is 13.6. The Kier molecular flexibility index (Phi) is 5.48. The first-order chi connectivity index (χ1) is 11.4. The molecule has 4 heteroatoms. The molecule has 0 amide bonds. The third-order valence-electron chi connectivity index (χ3n) is 3.81. The summed E-state index contributed by atoms with van der Waals surface area (Å²) in [4.78, 5) is 4.39. The van der Waals surface area contributed by atoms with E-state index in [0.29, 0.717) is 18.2 Å². The van der Waals surface area contributed by atoms with E-state index in [9.17, 15) is 0 Å². The highest BCUT2D eigenvalue weighted by Gasteiger charge is 2.20. The van der Waals surface area contributed by atoms with E-state index in [-0.39, 0.29) is 0 Å². The number of rotatable bonds is 9. The summed E-state index contributed by atoms with van der Waals surface area (Å²) in [6.07, 6.45) is 5.43. The summed E-state index contributed by atoms with van der Waals surface area (Å²) in [6, 6.07) is 11.7. The monoisotopic (exact) mass is 312 g/mol. The Morgan fingerprint density at radius 3 is 2.74 bits per heavy atom. The van der Waals surface area contributed by atoms with Crippen molar-refractivity contribution in [1.29, 1.82) is 0 Å². The average molecular weight is 312 g/mol. The van der Waals surface area contributed by atoms with Gasteiger partial charge in [-0.2, -0.15) is 0 Å². The second-order valence-corrected chi connectivity index (χ2v) is 5.94. The van der Waals surface area contributed by atoms with Crippen molar-refractivity contribution in [1.82, 2.24) is 10.3 Å². The van der Waals surface area contributed by atoms with Crippen LogP contribution in [0.2, 0.25) is 0 Å². The van der Waals surface area contributed by atoms with E-state index < -0.39 is 0 Å². The maximum atomic E-state index is 6.03. The van der Waals surface area contributed by atoms with E-state index in [0.717, 1.165) is 36.7 Å². The highest BCUT2D eigenvalue weighted by Crippen LogP contribution is 2.32. The maximum Gasteiger partial charge on any atom is 0.223 e. The van der Waals surface area contributed by atoms with Crippen molar-refractivity contribution < 1.29 is 9.47 Å². The minimum atomic E-state index is 0.642. The molecule has 0 aliphatic heterocycles. The summed E-state index contributed by atoms with van der Waals surface area (Å²) in [5, 5.41) is 3.49. The quantitative estimate of drug-likeness (QED) is 0.755. The SMILES string of the molecule is CCCOc1ccccc1Oc1ncccc1CNCC1CC1. The summed E-state index contributed by atoms with van der Waals surface area (Å²) < 4.78 is 11.8. The molecule has 0 radical (unpaired) electrons. The molecule has 1 saturated carbocycles. The molecule has 0 saturated heterocycles. The zero-order valence-corrected chi connectivity index (χ0v) is 13.6. The molecule has 23 heavy (non-hydrogen) atoms. The number of hydrogen-bond donors (Lipinski definition) is 1. The Balaban J connectivity index is 1.69. The van der Waals surface area contributed by atoms with Gasteiger partial charge in [-0.15, -0.1) is 0 Å². The lowest BCUT2D eigenvalue weighted by Crippen LogP contribution is -2.16. The first-order valence-corrected chi connectivity index (χ1v) is 8.41. The van der Waals surface area contributed by atoms with Crippen LogP contribution in [0.3, 0.4) is 0 Å². The molecule has 1 heterocycles. The molecule has 0 spiro atoms. The van der Waals surface area contributed by atoms with Crippen LogP contribution in [0.25, 0.3) is 0 Å². The molecule has 1 aliphatic carbocycles. The number of para-hydroxylation sites is 2. The molecule has 1 aromatic heterocycles. The number of aromatic nitrogens is 1. The molecule has 4 nitrogen and oxygen atoms in total. The van der Waals surface area contributed by atoms with Gasteiger partial charge in [0.15, 0.2) is 11.5 Å². The minimum Gasteiger partial charge on any atom is -0.490 e. The second kappa shape index (κ2) is 7.97. The van der Waals surface area contributed by atoms with Gasteiger partial charge in [-0.1, -0.05) is 25.1 Å². The van der Waals surface area contributed by atoms with Gasteiger partial charge in [0.2, 0.25) is 5.88 Å². The predicted molar refractivity (Wildman–Crippen MR) is 91.0 cm³/mol. The van der Waals surface area contributed by atoms with Crippen LogP contribution in [0, 0.1) is 5.92 Å². The van der Waals surface area contributed by atoms with Gasteiger partial charge in [0, 0.05) is 18.3 Å². The Labute approximate surface area is 137 Å². The fourth-order valence-corrected chi connectivity index (χ4v) is 2.35. The van der Waals surface area contributed by atoms with Crippen LogP contribution in [0.5, 0.6) is 17.4 Å². The highest BCUT2D eigenvalue weighted by atomic mass is 16.5. The highest BCUT2D eigenvalue weighted by molar-refractivity contribution is 5.42. The van der Waals surface area contributed by atoms with Crippen LogP contribution in [0.4, 0.5) is 0 Å². The summed E-state index contributed by atoms with van der Waals surface area (Å²) in [7, 11) is 0. The summed E-state index contributed by atoms with van der Waals surface area (Å²) in [5.41, 5.74) is 1.07. The largest absolute Gasteiger partial charge is 0.490 e. The van der Waals surface area contributed by atoms with Gasteiger partial charge < -0.3 is 14.8 Å². The van der Waals surface area contributed by atoms with E-state index in [1.165, 1.54) is 12.8 Å². The topological polar surface area (TPSA) is 43.4 Å². The summed E-state index contributed by atoms with van der Waals surface area (Å²) >= 11 is 0. The van der Waals surface area contributed by atoms with Gasteiger partial charge in [0.05, 0.1) is 6.61 Å². The number of ether oxygens (including phenoxy) is 2. The molecule has 0 unspecified atom stereocenters. The molecular weight excluding hydrogens is 288 g/mol. The van der Waals surface area contributed by atoms with Crippen molar-refractivity contribution in [2.75, 3.05) is 13.2 Å². The first-order valence-electron chi connectivity index (χ1n) is 8.41. The van der Waals surface area contributed by atoms with E-state index >= 15 is 0 Å². The van der Waals surface area contributed by atoms with Crippen molar-refractivity contribution in [2.24, 2.45) is 5.92 Å². The fraction of sp³-hybridized carbons (Fsp3) is 0.421. The third kappa shape index (κ3) is 4.70. The molecule has 1 aromatic carbocycles. The molecule has 1 aliphatic rings. The van der Waals surface area contributed by atoms with E-state index in [1.54, 1.807) is 6.20 Å². The van der Waals surface area contributed by atoms with Crippen LogP contribution < -0.4 is 14.8 Å². The maximum absolute atomic E-state index is 6.03. The Bertz CT molecular complexity index is 626. The van der Waals surface area contributed by atoms with Gasteiger partial charge in [-0.3, -0.25) is 0 Å². The Morgan fingerprint density at radius 1 is 1.13 bits per heavy atom. The molecule has 122 valence electrons. The first kappa shape index (κ1) is 15.8. The second-order valence-electron chi connectivity index (χ2n) is 5.94. The van der Waals surface area contributed by atoms with E-state index in [4.69, 9.17) is 9.47 Å². The Morgan fingerprint density at radius 2 is 1.96 bits per heavy atom. The predicted octanol–water partition coefficient (Wildman–Crippen LogP) is 4.16. The molecular formula is C19H24N2O2. The molecule has 0 bridgehead atoms. The smallest absolute Gasteiger partial charge is 0.223 e. The van der Waals surface area contributed by atoms with Gasteiger partial charge >= 0.3 is 0 Å². The standard InChI is InChI=1S/C19H24N2O2/c1-2-12-22-17-7-3-4-8-18(17)23-19-16(6-5-11-21-19)14-20-13-15-9-10-15/h3-8,11,15,20H,2,9-10,12-14H2,1H3. The molecule has 2 aromatic rings. The third-order valence-corrected chi connectivity index (χ3v) is 3.81. The summed E-state index contributed by atoms with van der Waals surface area (Å²) in [5.74, 6) is 2.97. The van der Waals surface area contributed by atoms with E-state index in [2.05, 4.69) is 23.3 Å². The number of pyridine rings is 1. The van der Waals surface area contributed by atoms with Crippen LogP contribution in [-0.2, 0) is 6.54 Å². The molecule has 1 N–H and O–H groups in total. The van der Waals surface area contributed by atoms with Crippen LogP contribution in [0.15, 0.2) is 42.6 Å². The van der Waals surface area contributed by atoms with Gasteiger partial charge in [0.1, 0.15) is 0 Å². The van der Waals surface area contributed by atoms with Crippen molar-refractivity contribution >= 4 is 0 Å². The molecule has 3 rings (SSSR count). The zero-order chi connectivity index (χ0) is 15.9. The number of hydrogen-bond acceptors (Lipinski definition) is 4. The van der Waals surface area contributed by atoms with Crippen molar-refractivity contribution in [3.05, 3.63) is 48.2 Å². The van der Waals surface area contributed by atoms with Crippen molar-refractivity contribution in [3.8, 4) is 17.4 Å². The van der Waals surface area contributed by atoms with Gasteiger partial charge in [-0.25, -0.2) is 4.98 Å². The van der Waals surface area contributed by atoms with Gasteiger partial charge in [0.25, 0.3) is 0 Å². The van der Waals surface area contributed by atoms with Crippen LogP contribution in [0.1, 0.15) is 31.7 Å². The molecule has 1 fully saturated rings. The number of benzene rings is 1. The lowest BCUT2D eigenvalue weighted by Gasteiger charge is -2.14. The summed E-state index contributed by atoms with van der Waals surface area (Å²) in [6.45, 7) is 4.62. The van der Waals surface area contributed by atoms with Crippen LogP contribution >= 0.6 is 0 Å². The lowest BCUT2D eigenvalue weighted by molar-refractivity contribution is 0.300. The fourth-order valence-electron chi connectivity index (χ4n) is 2.35. The average Bonchev–Trinajstić information content (AvgIpc) is 3.40. The van der Waals surface area contributed by atoms with Crippen molar-refractivity contribution in [3.63, 3.8) is 0 Å². The van der Waals surface area contributed by atoms with E-state index in [1.807, 2.05) is 30.3 Å². The van der Waals surface area contributed by atoms with Crippen molar-refractivity contribution in [2.45, 2.75) is 32.7 Å². The molecule has 0 atom stereocenters.